The van der Waals surface area contributed by atoms with Crippen LogP contribution in [0.25, 0.3) is 27.9 Å². The van der Waals surface area contributed by atoms with Gasteiger partial charge < -0.3 is 10.6 Å². The highest BCUT2D eigenvalue weighted by molar-refractivity contribution is 5.92. The molecule has 0 radical (unpaired) electrons. The van der Waals surface area contributed by atoms with Gasteiger partial charge >= 0.3 is 0 Å². The lowest BCUT2D eigenvalue weighted by Gasteiger charge is -2.11. The molecule has 0 aliphatic heterocycles. The van der Waals surface area contributed by atoms with Crippen LogP contribution in [-0.2, 0) is 6.42 Å². The van der Waals surface area contributed by atoms with Gasteiger partial charge in [0.2, 0.25) is 5.95 Å². The highest BCUT2D eigenvalue weighted by Crippen LogP contribution is 2.25. The Morgan fingerprint density at radius 1 is 1.14 bits per heavy atom. The summed E-state index contributed by atoms with van der Waals surface area (Å²) < 4.78 is 1.81. The smallest absolute Gasteiger partial charge is 0.226 e. The third-order valence-electron chi connectivity index (χ3n) is 5.22. The molecule has 1 aliphatic carbocycles. The van der Waals surface area contributed by atoms with Gasteiger partial charge in [0.05, 0.1) is 12.1 Å². The number of fused-ring (bicyclic) bond motifs is 3. The van der Waals surface area contributed by atoms with E-state index >= 15 is 0 Å². The molecule has 146 valence electrons. The second-order valence-corrected chi connectivity index (χ2v) is 7.55. The average Bonchev–Trinajstić information content (AvgIpc) is 3.45. The molecule has 29 heavy (non-hydrogen) atoms. The van der Waals surface area contributed by atoms with Gasteiger partial charge in [-0.05, 0) is 43.0 Å². The van der Waals surface area contributed by atoms with Crippen molar-refractivity contribution in [2.75, 3.05) is 11.9 Å². The van der Waals surface area contributed by atoms with Crippen molar-refractivity contribution in [3.8, 4) is 11.4 Å². The summed E-state index contributed by atoms with van der Waals surface area (Å²) >= 11 is 0. The van der Waals surface area contributed by atoms with Gasteiger partial charge in [-0.1, -0.05) is 43.8 Å². The maximum absolute atomic E-state index is 4.87. The molecule has 0 atom stereocenters. The molecule has 0 saturated heterocycles. The molecule has 2 aromatic heterocycles. The zero-order valence-electron chi connectivity index (χ0n) is 16.5. The van der Waals surface area contributed by atoms with E-state index in [1.54, 1.807) is 4.52 Å². The van der Waals surface area contributed by atoms with Crippen molar-refractivity contribution in [1.29, 1.82) is 0 Å². The summed E-state index contributed by atoms with van der Waals surface area (Å²) in [5.74, 6) is 1.37. The lowest BCUT2D eigenvalue weighted by Crippen LogP contribution is -2.22. The Kier molecular flexibility index (Phi) is 4.39. The van der Waals surface area contributed by atoms with Crippen LogP contribution in [-0.4, -0.2) is 32.2 Å². The second-order valence-electron chi connectivity index (χ2n) is 7.55. The van der Waals surface area contributed by atoms with Crippen molar-refractivity contribution in [1.82, 2.24) is 24.9 Å². The summed E-state index contributed by atoms with van der Waals surface area (Å²) in [4.78, 5) is 9.66. The first kappa shape index (κ1) is 17.7. The quantitative estimate of drug-likeness (QED) is 0.500. The van der Waals surface area contributed by atoms with Crippen LogP contribution in [0.2, 0.25) is 0 Å². The van der Waals surface area contributed by atoms with Gasteiger partial charge in [0.25, 0.3) is 0 Å². The number of rotatable bonds is 7. The third-order valence-corrected chi connectivity index (χ3v) is 5.22. The molecule has 2 aromatic carbocycles. The van der Waals surface area contributed by atoms with E-state index in [0.29, 0.717) is 24.4 Å². The summed E-state index contributed by atoms with van der Waals surface area (Å²) in [5.41, 5.74) is 4.94. The van der Waals surface area contributed by atoms with Crippen LogP contribution in [0.3, 0.4) is 0 Å². The Hall–Kier alpha value is -3.41. The molecule has 6 nitrogen and oxygen atoms in total. The number of nitrogens with zero attached hydrogens (tertiary/aromatic N) is 4. The Labute approximate surface area is 169 Å². The van der Waals surface area contributed by atoms with Crippen molar-refractivity contribution in [3.05, 3.63) is 66.4 Å². The Morgan fingerprint density at radius 3 is 2.83 bits per heavy atom. The van der Waals surface area contributed by atoms with Gasteiger partial charge in [-0.2, -0.15) is 4.52 Å². The van der Waals surface area contributed by atoms with Crippen molar-refractivity contribution in [3.63, 3.8) is 0 Å². The minimum atomic E-state index is 0.581. The fourth-order valence-corrected chi connectivity index (χ4v) is 3.48. The van der Waals surface area contributed by atoms with Gasteiger partial charge in [-0.3, -0.25) is 0 Å². The van der Waals surface area contributed by atoms with E-state index in [-0.39, 0.29) is 0 Å². The summed E-state index contributed by atoms with van der Waals surface area (Å²) in [6.07, 6.45) is 3.43. The molecular weight excluding hydrogens is 360 g/mol. The summed E-state index contributed by atoms with van der Waals surface area (Å²) in [7, 11) is 0. The zero-order chi connectivity index (χ0) is 19.8. The predicted molar refractivity (Wildman–Crippen MR) is 117 cm³/mol. The van der Waals surface area contributed by atoms with Crippen LogP contribution in [0.5, 0.6) is 0 Å². The summed E-state index contributed by atoms with van der Waals surface area (Å²) in [6, 6.07) is 17.0. The van der Waals surface area contributed by atoms with Crippen molar-refractivity contribution in [2.45, 2.75) is 32.2 Å². The van der Waals surface area contributed by atoms with Gasteiger partial charge in [-0.25, -0.2) is 9.97 Å². The van der Waals surface area contributed by atoms with E-state index in [9.17, 15) is 0 Å². The molecule has 2 N–H and O–H groups in total. The molecule has 5 rings (SSSR count). The van der Waals surface area contributed by atoms with Gasteiger partial charge in [0.15, 0.2) is 11.5 Å². The van der Waals surface area contributed by atoms with E-state index < -0.39 is 0 Å². The number of anilines is 1. The standard InChI is InChI=1S/C23H24N6/c1-3-16-7-6-8-17(13-16)21-27-22-19-9-4-5-10-20(19)26-23(29(22)28-21)24-14-15(2)25-18-11-12-18/h4-10,13,18,25H,2-3,11-12,14H2,1H3,(H,24,26). The first-order valence-electron chi connectivity index (χ1n) is 10.1. The summed E-state index contributed by atoms with van der Waals surface area (Å²) in [5, 5.41) is 12.6. The topological polar surface area (TPSA) is 67.1 Å². The van der Waals surface area contributed by atoms with Crippen LogP contribution in [0, 0.1) is 0 Å². The summed E-state index contributed by atoms with van der Waals surface area (Å²) in [6.45, 7) is 6.86. The van der Waals surface area contributed by atoms with E-state index in [1.807, 2.05) is 24.3 Å². The van der Waals surface area contributed by atoms with Gasteiger partial charge in [0, 0.05) is 22.7 Å². The average molecular weight is 384 g/mol. The molecular formula is C23H24N6. The molecule has 1 fully saturated rings. The number of hydrogen-bond donors (Lipinski definition) is 2. The van der Waals surface area contributed by atoms with E-state index in [2.05, 4.69) is 48.4 Å². The van der Waals surface area contributed by atoms with E-state index in [4.69, 9.17) is 15.1 Å². The number of aryl methyl sites for hydroxylation is 1. The Balaban J connectivity index is 1.57. The van der Waals surface area contributed by atoms with Crippen LogP contribution < -0.4 is 10.6 Å². The molecule has 0 amide bonds. The number of aromatic nitrogens is 4. The lowest BCUT2D eigenvalue weighted by molar-refractivity contribution is 0.789. The predicted octanol–water partition coefficient (Wildman–Crippen LogP) is 4.18. The number of benzene rings is 2. The highest BCUT2D eigenvalue weighted by Gasteiger charge is 2.21. The molecule has 4 aromatic rings. The molecule has 2 heterocycles. The Morgan fingerprint density at radius 2 is 2.00 bits per heavy atom. The monoisotopic (exact) mass is 384 g/mol. The van der Waals surface area contributed by atoms with Gasteiger partial charge in [0.1, 0.15) is 0 Å². The fourth-order valence-electron chi connectivity index (χ4n) is 3.48. The molecule has 1 saturated carbocycles. The SMILES string of the molecule is C=C(CNc1nc2ccccc2c2nc(-c3cccc(CC)c3)nn12)NC1CC1. The van der Waals surface area contributed by atoms with Crippen molar-refractivity contribution >= 4 is 22.5 Å². The first-order valence-corrected chi connectivity index (χ1v) is 10.1. The molecule has 6 heteroatoms. The van der Waals surface area contributed by atoms with Crippen LogP contribution >= 0.6 is 0 Å². The normalized spacial score (nSPS) is 13.7. The molecule has 0 spiro atoms. The largest absolute Gasteiger partial charge is 0.385 e. The van der Waals surface area contributed by atoms with Crippen molar-refractivity contribution in [2.24, 2.45) is 0 Å². The maximum atomic E-state index is 4.87. The molecule has 0 unspecified atom stereocenters. The minimum absolute atomic E-state index is 0.581. The number of para-hydroxylation sites is 1. The maximum Gasteiger partial charge on any atom is 0.226 e. The Bertz CT molecular complexity index is 1200. The highest BCUT2D eigenvalue weighted by atomic mass is 15.4. The minimum Gasteiger partial charge on any atom is -0.385 e. The van der Waals surface area contributed by atoms with Crippen LogP contribution in [0.15, 0.2) is 60.8 Å². The zero-order valence-corrected chi connectivity index (χ0v) is 16.5. The number of nitrogens with one attached hydrogen (secondary N) is 2. The van der Waals surface area contributed by atoms with Gasteiger partial charge in [-0.15, -0.1) is 5.10 Å². The molecule has 0 bridgehead atoms. The first-order chi connectivity index (χ1) is 14.2. The van der Waals surface area contributed by atoms with Crippen LogP contribution in [0.4, 0.5) is 5.95 Å². The number of hydrogen-bond acceptors (Lipinski definition) is 5. The van der Waals surface area contributed by atoms with E-state index in [0.717, 1.165) is 34.2 Å². The van der Waals surface area contributed by atoms with Crippen molar-refractivity contribution < 1.29 is 0 Å². The third kappa shape index (κ3) is 3.53. The molecule has 1 aliphatic rings. The fraction of sp³-hybridized carbons (Fsp3) is 0.261. The second kappa shape index (κ2) is 7.20. The lowest BCUT2D eigenvalue weighted by atomic mass is 10.1. The van der Waals surface area contributed by atoms with E-state index in [1.165, 1.54) is 18.4 Å². The van der Waals surface area contributed by atoms with Crippen LogP contribution in [0.1, 0.15) is 25.3 Å².